The maximum atomic E-state index is 12.8. The Morgan fingerprint density at radius 2 is 2.08 bits per heavy atom. The summed E-state index contributed by atoms with van der Waals surface area (Å²) in [6.45, 7) is 1.86. The van der Waals surface area contributed by atoms with Crippen LogP contribution < -0.4 is 9.47 Å². The number of nitro benzene ring substituents is 1. The van der Waals surface area contributed by atoms with E-state index >= 15 is 0 Å². The highest BCUT2D eigenvalue weighted by atomic mass is 35.5. The first-order valence-electron chi connectivity index (χ1n) is 7.49. The number of non-ortho nitro benzene ring substituents is 1. The molecule has 1 aliphatic rings. The van der Waals surface area contributed by atoms with Gasteiger partial charge in [0, 0.05) is 24.7 Å². The highest BCUT2D eigenvalue weighted by Crippen LogP contribution is 2.40. The van der Waals surface area contributed by atoms with Crippen molar-refractivity contribution >= 4 is 23.2 Å². The van der Waals surface area contributed by atoms with Crippen LogP contribution in [0.3, 0.4) is 0 Å². The van der Waals surface area contributed by atoms with E-state index in [2.05, 4.69) is 0 Å². The van der Waals surface area contributed by atoms with Gasteiger partial charge in [0.25, 0.3) is 11.6 Å². The van der Waals surface area contributed by atoms with E-state index in [4.69, 9.17) is 21.1 Å². The Morgan fingerprint density at radius 1 is 1.32 bits per heavy atom. The monoisotopic (exact) mass is 362 g/mol. The number of amides is 1. The molecule has 1 atom stereocenters. The third kappa shape index (κ3) is 3.23. The number of rotatable bonds is 4. The highest BCUT2D eigenvalue weighted by molar-refractivity contribution is 6.32. The zero-order chi connectivity index (χ0) is 18.1. The number of ether oxygens (including phenoxy) is 2. The van der Waals surface area contributed by atoms with Crippen LogP contribution in [0, 0.1) is 10.1 Å². The number of hydrogen-bond donors (Lipinski definition) is 0. The van der Waals surface area contributed by atoms with Gasteiger partial charge in [-0.1, -0.05) is 23.7 Å². The Hall–Kier alpha value is -2.80. The molecule has 0 aromatic heterocycles. The fourth-order valence-corrected chi connectivity index (χ4v) is 2.86. The average molecular weight is 363 g/mol. The van der Waals surface area contributed by atoms with Crippen molar-refractivity contribution in [2.75, 3.05) is 13.8 Å². The minimum absolute atomic E-state index is 0.0173. The van der Waals surface area contributed by atoms with Crippen LogP contribution in [0.4, 0.5) is 5.69 Å². The molecule has 130 valence electrons. The van der Waals surface area contributed by atoms with Gasteiger partial charge in [-0.15, -0.1) is 0 Å². The molecule has 0 saturated heterocycles. The van der Waals surface area contributed by atoms with Crippen LogP contribution in [0.5, 0.6) is 11.5 Å². The first kappa shape index (κ1) is 17.0. The Morgan fingerprint density at radius 3 is 2.80 bits per heavy atom. The standard InChI is InChI=1S/C17H15ClN2O5/c1-10(11-4-3-5-13(6-11)20(22)23)19(2)17(21)12-7-14(18)16-15(8-12)24-9-25-16/h3-8,10H,9H2,1-2H3/t10-/m0/s1. The molecule has 0 N–H and O–H groups in total. The topological polar surface area (TPSA) is 81.9 Å². The molecular weight excluding hydrogens is 348 g/mol. The first-order chi connectivity index (χ1) is 11.9. The van der Waals surface area contributed by atoms with Crippen LogP contribution >= 0.6 is 11.6 Å². The summed E-state index contributed by atoms with van der Waals surface area (Å²) < 4.78 is 10.5. The number of nitro groups is 1. The lowest BCUT2D eigenvalue weighted by molar-refractivity contribution is -0.384. The molecule has 2 aromatic rings. The van der Waals surface area contributed by atoms with Crippen molar-refractivity contribution in [1.29, 1.82) is 0 Å². The zero-order valence-electron chi connectivity index (χ0n) is 13.6. The number of fused-ring (bicyclic) bond motifs is 1. The molecule has 3 rings (SSSR count). The van der Waals surface area contributed by atoms with Gasteiger partial charge in [0.1, 0.15) is 0 Å². The summed E-state index contributed by atoms with van der Waals surface area (Å²) in [7, 11) is 1.63. The van der Waals surface area contributed by atoms with Crippen molar-refractivity contribution in [3.8, 4) is 11.5 Å². The van der Waals surface area contributed by atoms with E-state index in [-0.39, 0.29) is 24.4 Å². The van der Waals surface area contributed by atoms with Crippen LogP contribution in [0.1, 0.15) is 28.9 Å². The molecule has 0 radical (unpaired) electrons. The summed E-state index contributed by atoms with van der Waals surface area (Å²) in [5.41, 5.74) is 1.00. The molecule has 1 aliphatic heterocycles. The second-order valence-electron chi connectivity index (χ2n) is 5.64. The van der Waals surface area contributed by atoms with Crippen molar-refractivity contribution in [2.45, 2.75) is 13.0 Å². The van der Waals surface area contributed by atoms with Crippen molar-refractivity contribution in [1.82, 2.24) is 4.90 Å². The predicted molar refractivity (Wildman–Crippen MR) is 91.2 cm³/mol. The highest BCUT2D eigenvalue weighted by Gasteiger charge is 2.25. The Bertz CT molecular complexity index is 855. The van der Waals surface area contributed by atoms with Gasteiger partial charge in [-0.3, -0.25) is 14.9 Å². The summed E-state index contributed by atoms with van der Waals surface area (Å²) in [5.74, 6) is 0.569. The molecule has 0 bridgehead atoms. The van der Waals surface area contributed by atoms with Gasteiger partial charge in [-0.25, -0.2) is 0 Å². The third-order valence-electron chi connectivity index (χ3n) is 4.14. The molecule has 1 heterocycles. The predicted octanol–water partition coefficient (Wildman–Crippen LogP) is 3.81. The van der Waals surface area contributed by atoms with E-state index in [0.717, 1.165) is 0 Å². The summed E-state index contributed by atoms with van der Waals surface area (Å²) in [6.07, 6.45) is 0. The third-order valence-corrected chi connectivity index (χ3v) is 4.42. The molecule has 0 spiro atoms. The van der Waals surface area contributed by atoms with Gasteiger partial charge in [0.15, 0.2) is 11.5 Å². The number of carbonyl (C=O) groups is 1. The molecule has 1 amide bonds. The second-order valence-corrected chi connectivity index (χ2v) is 6.04. The molecule has 0 unspecified atom stereocenters. The van der Waals surface area contributed by atoms with Crippen LogP contribution in [0.15, 0.2) is 36.4 Å². The van der Waals surface area contributed by atoms with Gasteiger partial charge >= 0.3 is 0 Å². The number of carbonyl (C=O) groups excluding carboxylic acids is 1. The lowest BCUT2D eigenvalue weighted by Crippen LogP contribution is -2.29. The van der Waals surface area contributed by atoms with Crippen LogP contribution in [-0.4, -0.2) is 29.6 Å². The number of benzene rings is 2. The average Bonchev–Trinajstić information content (AvgIpc) is 3.09. The molecule has 2 aromatic carbocycles. The van der Waals surface area contributed by atoms with Gasteiger partial charge < -0.3 is 14.4 Å². The maximum absolute atomic E-state index is 12.8. The summed E-state index contributed by atoms with van der Waals surface area (Å²) in [6, 6.07) is 8.95. The Balaban J connectivity index is 1.86. The fourth-order valence-electron chi connectivity index (χ4n) is 2.59. The van der Waals surface area contributed by atoms with Gasteiger partial charge in [-0.2, -0.15) is 0 Å². The van der Waals surface area contributed by atoms with Crippen molar-refractivity contribution in [3.63, 3.8) is 0 Å². The van der Waals surface area contributed by atoms with E-state index in [0.29, 0.717) is 27.6 Å². The van der Waals surface area contributed by atoms with Gasteiger partial charge in [-0.05, 0) is 24.6 Å². The normalized spacial score (nSPS) is 13.4. The summed E-state index contributed by atoms with van der Waals surface area (Å²) in [4.78, 5) is 24.7. The van der Waals surface area contributed by atoms with Gasteiger partial charge in [0.05, 0.1) is 16.0 Å². The number of nitrogens with zero attached hydrogens (tertiary/aromatic N) is 2. The molecule has 7 nitrogen and oxygen atoms in total. The molecule has 8 heteroatoms. The summed E-state index contributed by atoms with van der Waals surface area (Å²) >= 11 is 6.13. The van der Waals surface area contributed by atoms with Crippen LogP contribution in [-0.2, 0) is 0 Å². The van der Waals surface area contributed by atoms with Gasteiger partial charge in [0.2, 0.25) is 6.79 Å². The van der Waals surface area contributed by atoms with Crippen molar-refractivity contribution in [2.24, 2.45) is 0 Å². The molecule has 0 fully saturated rings. The maximum Gasteiger partial charge on any atom is 0.269 e. The Labute approximate surface area is 148 Å². The van der Waals surface area contributed by atoms with Crippen LogP contribution in [0.25, 0.3) is 0 Å². The van der Waals surface area contributed by atoms with E-state index in [1.54, 1.807) is 32.2 Å². The van der Waals surface area contributed by atoms with E-state index < -0.39 is 4.92 Å². The molecule has 0 aliphatic carbocycles. The lowest BCUT2D eigenvalue weighted by atomic mass is 10.1. The second kappa shape index (κ2) is 6.60. The number of halogens is 1. The molecule has 25 heavy (non-hydrogen) atoms. The van der Waals surface area contributed by atoms with E-state index in [1.165, 1.54) is 23.1 Å². The molecular formula is C17H15ClN2O5. The van der Waals surface area contributed by atoms with Crippen LogP contribution in [0.2, 0.25) is 5.02 Å². The Kier molecular flexibility index (Phi) is 4.50. The van der Waals surface area contributed by atoms with E-state index in [9.17, 15) is 14.9 Å². The minimum atomic E-state index is -0.463. The quantitative estimate of drug-likeness (QED) is 0.610. The zero-order valence-corrected chi connectivity index (χ0v) is 14.3. The largest absolute Gasteiger partial charge is 0.454 e. The smallest absolute Gasteiger partial charge is 0.269 e. The number of hydrogen-bond acceptors (Lipinski definition) is 5. The lowest BCUT2D eigenvalue weighted by Gasteiger charge is -2.25. The van der Waals surface area contributed by atoms with Crippen molar-refractivity contribution in [3.05, 3.63) is 62.7 Å². The first-order valence-corrected chi connectivity index (χ1v) is 7.87. The fraction of sp³-hybridized carbons (Fsp3) is 0.235. The minimum Gasteiger partial charge on any atom is -0.454 e. The van der Waals surface area contributed by atoms with Crippen molar-refractivity contribution < 1.29 is 19.2 Å². The summed E-state index contributed by atoms with van der Waals surface area (Å²) in [5, 5.41) is 11.2. The van der Waals surface area contributed by atoms with E-state index in [1.807, 2.05) is 0 Å². The SMILES string of the molecule is C[C@@H](c1cccc([N+](=O)[O-])c1)N(C)C(=O)c1cc(Cl)c2c(c1)OCO2. The molecule has 0 saturated carbocycles.